The zero-order valence-corrected chi connectivity index (χ0v) is 15.0. The molecule has 1 heterocycles. The van der Waals surface area contributed by atoms with E-state index in [0.717, 1.165) is 35.7 Å². The van der Waals surface area contributed by atoms with Crippen molar-refractivity contribution in [1.82, 2.24) is 14.5 Å². The molecular formula is C16H15F6N3O2S. The van der Waals surface area contributed by atoms with Crippen molar-refractivity contribution in [1.29, 1.82) is 0 Å². The van der Waals surface area contributed by atoms with Crippen LogP contribution in [-0.2, 0) is 28.9 Å². The van der Waals surface area contributed by atoms with Crippen LogP contribution in [-0.4, -0.2) is 24.7 Å². The zero-order valence-electron chi connectivity index (χ0n) is 14.2. The Kier molecular flexibility index (Phi) is 5.21. The summed E-state index contributed by atoms with van der Waals surface area (Å²) >= 11 is 0. The Morgan fingerprint density at radius 2 is 1.64 bits per heavy atom. The highest BCUT2D eigenvalue weighted by Gasteiger charge is 2.37. The van der Waals surface area contributed by atoms with Gasteiger partial charge in [0.15, 0.2) is 5.69 Å². The summed E-state index contributed by atoms with van der Waals surface area (Å²) in [4.78, 5) is -0.376. The molecule has 0 atom stereocenters. The monoisotopic (exact) mass is 427 g/mol. The van der Waals surface area contributed by atoms with Crippen LogP contribution in [0.3, 0.4) is 0 Å². The van der Waals surface area contributed by atoms with Crippen LogP contribution in [0.15, 0.2) is 35.2 Å². The lowest BCUT2D eigenvalue weighted by Gasteiger charge is -2.10. The first-order valence-corrected chi connectivity index (χ1v) is 9.68. The summed E-state index contributed by atoms with van der Waals surface area (Å²) < 4.78 is 104. The third-order valence-electron chi connectivity index (χ3n) is 4.20. The Morgan fingerprint density at radius 3 is 2.14 bits per heavy atom. The first kappa shape index (κ1) is 20.6. The largest absolute Gasteiger partial charge is 0.435 e. The number of benzene rings is 1. The van der Waals surface area contributed by atoms with E-state index in [1.807, 2.05) is 0 Å². The van der Waals surface area contributed by atoms with Gasteiger partial charge in [0.1, 0.15) is 0 Å². The van der Waals surface area contributed by atoms with Gasteiger partial charge in [-0.1, -0.05) is 0 Å². The van der Waals surface area contributed by atoms with Crippen LogP contribution in [0.2, 0.25) is 0 Å². The van der Waals surface area contributed by atoms with Crippen molar-refractivity contribution in [3.63, 3.8) is 0 Å². The Bertz CT molecular complexity index is 944. The van der Waals surface area contributed by atoms with Crippen molar-refractivity contribution >= 4 is 10.0 Å². The number of rotatable bonds is 6. The molecule has 3 rings (SSSR count). The molecule has 1 saturated carbocycles. The standard InChI is InChI=1S/C16H15F6N3O2S/c17-15(18,19)11-3-5-12(6-4-11)28(26,27)23-7-8-25-13(10-1-2-10)9-14(24-25)16(20,21)22/h3-6,9-10,23H,1-2,7-8H2. The number of nitrogens with one attached hydrogen (secondary N) is 1. The Labute approximate surface area is 156 Å². The van der Waals surface area contributed by atoms with Crippen molar-refractivity contribution in [2.24, 2.45) is 0 Å². The molecule has 1 aliphatic rings. The van der Waals surface area contributed by atoms with Crippen LogP contribution < -0.4 is 4.72 Å². The minimum atomic E-state index is -4.60. The van der Waals surface area contributed by atoms with Gasteiger partial charge in [-0.05, 0) is 43.2 Å². The van der Waals surface area contributed by atoms with Crippen LogP contribution in [0.5, 0.6) is 0 Å². The lowest BCUT2D eigenvalue weighted by Crippen LogP contribution is -2.28. The average molecular weight is 427 g/mol. The highest BCUT2D eigenvalue weighted by molar-refractivity contribution is 7.89. The molecule has 1 aromatic heterocycles. The molecule has 0 bridgehead atoms. The molecule has 0 radical (unpaired) electrons. The highest BCUT2D eigenvalue weighted by Crippen LogP contribution is 2.42. The van der Waals surface area contributed by atoms with Gasteiger partial charge in [0.2, 0.25) is 10.0 Å². The molecule has 1 N–H and O–H groups in total. The number of nitrogens with zero attached hydrogens (tertiary/aromatic N) is 2. The van der Waals surface area contributed by atoms with E-state index in [1.165, 1.54) is 0 Å². The van der Waals surface area contributed by atoms with Crippen LogP contribution in [0.4, 0.5) is 26.3 Å². The number of halogens is 6. The zero-order chi connectivity index (χ0) is 20.7. The van der Waals surface area contributed by atoms with Gasteiger partial charge in [0.05, 0.1) is 17.0 Å². The van der Waals surface area contributed by atoms with E-state index >= 15 is 0 Å². The van der Waals surface area contributed by atoms with Crippen LogP contribution in [0.25, 0.3) is 0 Å². The Hall–Kier alpha value is -2.08. The van der Waals surface area contributed by atoms with Crippen LogP contribution in [0, 0.1) is 0 Å². The second-order valence-electron chi connectivity index (χ2n) is 6.37. The molecule has 1 fully saturated rings. The van der Waals surface area contributed by atoms with Gasteiger partial charge in [0, 0.05) is 18.2 Å². The molecule has 28 heavy (non-hydrogen) atoms. The molecule has 0 amide bonds. The van der Waals surface area contributed by atoms with E-state index in [4.69, 9.17) is 0 Å². The first-order chi connectivity index (χ1) is 12.9. The predicted molar refractivity (Wildman–Crippen MR) is 85.8 cm³/mol. The van der Waals surface area contributed by atoms with E-state index in [0.29, 0.717) is 17.8 Å². The second kappa shape index (κ2) is 7.07. The maximum absolute atomic E-state index is 12.8. The van der Waals surface area contributed by atoms with Crippen molar-refractivity contribution in [2.75, 3.05) is 6.54 Å². The number of hydrogen-bond acceptors (Lipinski definition) is 3. The molecule has 1 aromatic carbocycles. The number of alkyl halides is 6. The van der Waals surface area contributed by atoms with Gasteiger partial charge in [-0.2, -0.15) is 31.4 Å². The van der Waals surface area contributed by atoms with Gasteiger partial charge in [0.25, 0.3) is 0 Å². The van der Waals surface area contributed by atoms with Crippen molar-refractivity contribution in [2.45, 2.75) is 42.6 Å². The van der Waals surface area contributed by atoms with Crippen molar-refractivity contribution in [3.8, 4) is 0 Å². The van der Waals surface area contributed by atoms with Crippen LogP contribution >= 0.6 is 0 Å². The molecule has 2 aromatic rings. The first-order valence-electron chi connectivity index (χ1n) is 8.20. The number of hydrogen-bond donors (Lipinski definition) is 1. The second-order valence-corrected chi connectivity index (χ2v) is 8.14. The minimum Gasteiger partial charge on any atom is -0.267 e. The highest BCUT2D eigenvalue weighted by atomic mass is 32.2. The summed E-state index contributed by atoms with van der Waals surface area (Å²) in [5, 5.41) is 3.51. The summed E-state index contributed by atoms with van der Waals surface area (Å²) in [6.07, 6.45) is -7.72. The maximum Gasteiger partial charge on any atom is 0.435 e. The fraction of sp³-hybridized carbons (Fsp3) is 0.438. The summed E-state index contributed by atoms with van der Waals surface area (Å²) in [6.45, 7) is -0.399. The summed E-state index contributed by atoms with van der Waals surface area (Å²) in [7, 11) is -4.11. The van der Waals surface area contributed by atoms with Gasteiger partial charge < -0.3 is 0 Å². The van der Waals surface area contributed by atoms with Gasteiger partial charge in [-0.3, -0.25) is 4.68 Å². The SMILES string of the molecule is O=S(=O)(NCCn1nc(C(F)(F)F)cc1C1CC1)c1ccc(C(F)(F)F)cc1. The molecule has 0 spiro atoms. The van der Waals surface area contributed by atoms with Gasteiger partial charge in [-0.25, -0.2) is 13.1 Å². The minimum absolute atomic E-state index is 0.0323. The number of sulfonamides is 1. The molecule has 1 aliphatic carbocycles. The normalized spacial score (nSPS) is 15.8. The van der Waals surface area contributed by atoms with Gasteiger partial charge >= 0.3 is 12.4 Å². The van der Waals surface area contributed by atoms with Crippen molar-refractivity contribution < 1.29 is 34.8 Å². The summed E-state index contributed by atoms with van der Waals surface area (Å²) in [5.41, 5.74) is -1.64. The lowest BCUT2D eigenvalue weighted by molar-refractivity contribution is -0.141. The fourth-order valence-electron chi connectivity index (χ4n) is 2.65. The average Bonchev–Trinajstić information content (AvgIpc) is 3.33. The van der Waals surface area contributed by atoms with E-state index in [1.54, 1.807) is 0 Å². The van der Waals surface area contributed by atoms with E-state index < -0.39 is 33.6 Å². The third-order valence-corrected chi connectivity index (χ3v) is 5.68. The summed E-state index contributed by atoms with van der Waals surface area (Å²) in [5.74, 6) is -0.0323. The summed E-state index contributed by atoms with van der Waals surface area (Å²) in [6, 6.07) is 3.88. The smallest absolute Gasteiger partial charge is 0.267 e. The maximum atomic E-state index is 12.8. The Morgan fingerprint density at radius 1 is 1.04 bits per heavy atom. The Balaban J connectivity index is 1.68. The van der Waals surface area contributed by atoms with E-state index in [2.05, 4.69) is 9.82 Å². The predicted octanol–water partition coefficient (Wildman–Crippen LogP) is 3.78. The molecule has 154 valence electrons. The van der Waals surface area contributed by atoms with E-state index in [9.17, 15) is 34.8 Å². The third kappa shape index (κ3) is 4.66. The van der Waals surface area contributed by atoms with E-state index in [-0.39, 0.29) is 23.9 Å². The molecule has 0 aliphatic heterocycles. The van der Waals surface area contributed by atoms with Crippen LogP contribution in [0.1, 0.15) is 35.7 Å². The quantitative estimate of drug-likeness (QED) is 0.714. The molecule has 5 nitrogen and oxygen atoms in total. The van der Waals surface area contributed by atoms with Crippen molar-refractivity contribution in [3.05, 3.63) is 47.3 Å². The molecule has 0 unspecified atom stereocenters. The van der Waals surface area contributed by atoms with Gasteiger partial charge in [-0.15, -0.1) is 0 Å². The lowest BCUT2D eigenvalue weighted by atomic mass is 10.2. The molecule has 0 saturated heterocycles. The molecule has 12 heteroatoms. The number of aromatic nitrogens is 2. The fourth-order valence-corrected chi connectivity index (χ4v) is 3.67. The molecular weight excluding hydrogens is 412 g/mol. The topological polar surface area (TPSA) is 64.0 Å².